The number of rotatable bonds is 5. The summed E-state index contributed by atoms with van der Waals surface area (Å²) in [4.78, 5) is 10.3. The van der Waals surface area contributed by atoms with Crippen LogP contribution in [0.2, 0.25) is 5.02 Å². The van der Waals surface area contributed by atoms with Gasteiger partial charge in [0, 0.05) is 12.1 Å². The van der Waals surface area contributed by atoms with Crippen molar-refractivity contribution in [2.24, 2.45) is 0 Å². The lowest BCUT2D eigenvalue weighted by Gasteiger charge is -2.06. The van der Waals surface area contributed by atoms with Gasteiger partial charge < -0.3 is 5.32 Å². The Bertz CT molecular complexity index is 599. The highest BCUT2D eigenvalue weighted by atomic mass is 35.5. The summed E-state index contributed by atoms with van der Waals surface area (Å²) in [6.45, 7) is 3.16. The number of nitrogens with one attached hydrogen (secondary N) is 1. The second-order valence-electron chi connectivity index (χ2n) is 3.68. The molecule has 0 fully saturated rings. The van der Waals surface area contributed by atoms with E-state index in [4.69, 9.17) is 11.6 Å². The van der Waals surface area contributed by atoms with Gasteiger partial charge in [-0.2, -0.15) is 4.68 Å². The normalized spacial score (nSPS) is 10.6. The monoisotopic (exact) mass is 282 g/mol. The molecule has 1 heterocycles. The highest BCUT2D eigenvalue weighted by Gasteiger charge is 2.15. The molecule has 0 aliphatic carbocycles. The summed E-state index contributed by atoms with van der Waals surface area (Å²) < 4.78 is 1.39. The SMILES string of the molecule is CCNCc1nnnn1-c1cc([N+](=O)[O-])ccc1Cl. The third-order valence-corrected chi connectivity index (χ3v) is 2.76. The number of non-ortho nitro benzene ring substituents is 1. The third kappa shape index (κ3) is 2.85. The summed E-state index contributed by atoms with van der Waals surface area (Å²) in [6.07, 6.45) is 0. The molecule has 9 heteroatoms. The summed E-state index contributed by atoms with van der Waals surface area (Å²) in [5, 5.41) is 25.4. The van der Waals surface area contributed by atoms with E-state index in [2.05, 4.69) is 20.8 Å². The summed E-state index contributed by atoms with van der Waals surface area (Å²) in [6, 6.07) is 4.13. The molecule has 0 atom stereocenters. The fourth-order valence-corrected chi connectivity index (χ4v) is 1.71. The van der Waals surface area contributed by atoms with Gasteiger partial charge >= 0.3 is 0 Å². The van der Waals surface area contributed by atoms with Crippen LogP contribution in [0.5, 0.6) is 0 Å². The van der Waals surface area contributed by atoms with Crippen LogP contribution in [-0.2, 0) is 6.54 Å². The predicted molar refractivity (Wildman–Crippen MR) is 68.2 cm³/mol. The number of halogens is 1. The lowest BCUT2D eigenvalue weighted by Crippen LogP contribution is -2.16. The van der Waals surface area contributed by atoms with E-state index in [9.17, 15) is 10.1 Å². The van der Waals surface area contributed by atoms with Gasteiger partial charge in [0.2, 0.25) is 0 Å². The third-order valence-electron chi connectivity index (χ3n) is 2.44. The highest BCUT2D eigenvalue weighted by Crippen LogP contribution is 2.25. The first-order valence-corrected chi connectivity index (χ1v) is 5.93. The summed E-state index contributed by atoms with van der Waals surface area (Å²) in [7, 11) is 0. The fourth-order valence-electron chi connectivity index (χ4n) is 1.52. The van der Waals surface area contributed by atoms with Gasteiger partial charge in [-0.05, 0) is 23.0 Å². The molecule has 0 aliphatic rings. The van der Waals surface area contributed by atoms with E-state index in [1.807, 2.05) is 6.92 Å². The van der Waals surface area contributed by atoms with Crippen molar-refractivity contribution in [3.05, 3.63) is 39.2 Å². The topological polar surface area (TPSA) is 98.8 Å². The average molecular weight is 283 g/mol. The molecule has 1 aromatic heterocycles. The minimum atomic E-state index is -0.492. The van der Waals surface area contributed by atoms with E-state index in [-0.39, 0.29) is 5.69 Å². The number of hydrogen-bond donors (Lipinski definition) is 1. The molecule has 2 aromatic rings. The molecule has 0 unspecified atom stereocenters. The average Bonchev–Trinajstić information content (AvgIpc) is 2.84. The molecule has 8 nitrogen and oxygen atoms in total. The van der Waals surface area contributed by atoms with E-state index in [0.717, 1.165) is 6.54 Å². The van der Waals surface area contributed by atoms with Crippen LogP contribution < -0.4 is 5.32 Å². The van der Waals surface area contributed by atoms with Gasteiger partial charge in [-0.3, -0.25) is 10.1 Å². The van der Waals surface area contributed by atoms with E-state index in [1.54, 1.807) is 0 Å². The van der Waals surface area contributed by atoms with E-state index >= 15 is 0 Å². The Morgan fingerprint density at radius 3 is 3.00 bits per heavy atom. The summed E-state index contributed by atoms with van der Waals surface area (Å²) >= 11 is 6.04. The van der Waals surface area contributed by atoms with Crippen LogP contribution in [0.1, 0.15) is 12.7 Å². The van der Waals surface area contributed by atoms with E-state index in [1.165, 1.54) is 22.9 Å². The van der Waals surface area contributed by atoms with Crippen LogP contribution in [0.25, 0.3) is 5.69 Å². The molecule has 100 valence electrons. The Morgan fingerprint density at radius 1 is 1.53 bits per heavy atom. The molecule has 1 aromatic carbocycles. The standard InChI is InChI=1S/C10H11ClN6O2/c1-2-12-6-10-13-14-15-16(10)9-5-7(17(18)19)3-4-8(9)11/h3-5,12H,2,6H2,1H3. The Morgan fingerprint density at radius 2 is 2.32 bits per heavy atom. The number of nitro benzene ring substituents is 1. The van der Waals surface area contributed by atoms with Crippen LogP contribution >= 0.6 is 11.6 Å². The molecular weight excluding hydrogens is 272 g/mol. The number of hydrogen-bond acceptors (Lipinski definition) is 6. The molecule has 19 heavy (non-hydrogen) atoms. The zero-order valence-electron chi connectivity index (χ0n) is 10.1. The molecule has 0 spiro atoms. The summed E-state index contributed by atoms with van der Waals surface area (Å²) in [5.41, 5.74) is 0.318. The molecule has 0 saturated heterocycles. The van der Waals surface area contributed by atoms with Gasteiger partial charge in [-0.15, -0.1) is 5.10 Å². The van der Waals surface area contributed by atoms with Crippen molar-refractivity contribution in [1.82, 2.24) is 25.5 Å². The lowest BCUT2D eigenvalue weighted by molar-refractivity contribution is -0.384. The maximum absolute atomic E-state index is 10.8. The van der Waals surface area contributed by atoms with Crippen LogP contribution in [0, 0.1) is 10.1 Å². The van der Waals surface area contributed by atoms with Gasteiger partial charge in [0.05, 0.1) is 22.2 Å². The molecule has 2 rings (SSSR count). The summed E-state index contributed by atoms with van der Waals surface area (Å²) in [5.74, 6) is 0.532. The molecule has 1 N–H and O–H groups in total. The first-order chi connectivity index (χ1) is 9.13. The maximum Gasteiger partial charge on any atom is 0.271 e. The molecule has 0 saturated carbocycles. The Hall–Kier alpha value is -2.06. The zero-order chi connectivity index (χ0) is 13.8. The van der Waals surface area contributed by atoms with Crippen LogP contribution in [0.4, 0.5) is 5.69 Å². The van der Waals surface area contributed by atoms with Gasteiger partial charge in [-0.1, -0.05) is 18.5 Å². The van der Waals surface area contributed by atoms with Crippen molar-refractivity contribution in [3.8, 4) is 5.69 Å². The molecule has 0 amide bonds. The Balaban J connectivity index is 2.43. The predicted octanol–water partition coefficient (Wildman–Crippen LogP) is 1.33. The van der Waals surface area contributed by atoms with Crippen LogP contribution in [-0.4, -0.2) is 31.7 Å². The molecule has 0 bridgehead atoms. The van der Waals surface area contributed by atoms with Gasteiger partial charge in [0.15, 0.2) is 5.82 Å². The van der Waals surface area contributed by atoms with Crippen molar-refractivity contribution in [1.29, 1.82) is 0 Å². The van der Waals surface area contributed by atoms with E-state index in [0.29, 0.717) is 23.1 Å². The van der Waals surface area contributed by atoms with Gasteiger partial charge in [-0.25, -0.2) is 0 Å². The smallest absolute Gasteiger partial charge is 0.271 e. The molecule has 0 aliphatic heterocycles. The van der Waals surface area contributed by atoms with Gasteiger partial charge in [0.1, 0.15) is 0 Å². The second-order valence-corrected chi connectivity index (χ2v) is 4.09. The first kappa shape index (κ1) is 13.4. The number of aromatic nitrogens is 4. The Kier molecular flexibility index (Phi) is 4.03. The molecular formula is C10H11ClN6O2. The minimum absolute atomic E-state index is 0.0655. The number of nitrogens with zero attached hydrogens (tertiary/aromatic N) is 5. The quantitative estimate of drug-likeness (QED) is 0.656. The lowest BCUT2D eigenvalue weighted by atomic mass is 10.3. The largest absolute Gasteiger partial charge is 0.310 e. The van der Waals surface area contributed by atoms with Gasteiger partial charge in [0.25, 0.3) is 5.69 Å². The van der Waals surface area contributed by atoms with Crippen LogP contribution in [0.3, 0.4) is 0 Å². The number of benzene rings is 1. The van der Waals surface area contributed by atoms with Crippen LogP contribution in [0.15, 0.2) is 18.2 Å². The fraction of sp³-hybridized carbons (Fsp3) is 0.300. The van der Waals surface area contributed by atoms with Crippen molar-refractivity contribution in [2.45, 2.75) is 13.5 Å². The van der Waals surface area contributed by atoms with Crippen molar-refractivity contribution in [2.75, 3.05) is 6.54 Å². The number of nitro groups is 1. The first-order valence-electron chi connectivity index (χ1n) is 5.55. The zero-order valence-corrected chi connectivity index (χ0v) is 10.8. The molecule has 0 radical (unpaired) electrons. The van der Waals surface area contributed by atoms with Crippen molar-refractivity contribution >= 4 is 17.3 Å². The number of tetrazole rings is 1. The highest BCUT2D eigenvalue weighted by molar-refractivity contribution is 6.32. The van der Waals surface area contributed by atoms with Crippen molar-refractivity contribution < 1.29 is 4.92 Å². The Labute approximate surface area is 113 Å². The van der Waals surface area contributed by atoms with Crippen molar-refractivity contribution in [3.63, 3.8) is 0 Å². The second kappa shape index (κ2) is 5.72. The maximum atomic E-state index is 10.8. The minimum Gasteiger partial charge on any atom is -0.310 e. The van der Waals surface area contributed by atoms with E-state index < -0.39 is 4.92 Å².